The maximum Gasteiger partial charge on any atom is 0.345 e. The average molecular weight is 377 g/mol. The van der Waals surface area contributed by atoms with E-state index in [-0.39, 0.29) is 36.8 Å². The highest BCUT2D eigenvalue weighted by Crippen LogP contribution is 2.18. The molecule has 0 atom stereocenters. The van der Waals surface area contributed by atoms with Crippen molar-refractivity contribution in [1.82, 2.24) is 5.32 Å². The quantitative estimate of drug-likeness (QED) is 0.517. The van der Waals surface area contributed by atoms with E-state index in [1.165, 1.54) is 7.11 Å². The highest BCUT2D eigenvalue weighted by molar-refractivity contribution is 5.95. The first-order valence-corrected chi connectivity index (χ1v) is 8.66. The number of esters is 1. The molecule has 0 fully saturated rings. The van der Waals surface area contributed by atoms with Gasteiger partial charge in [0.2, 0.25) is 16.9 Å². The molecule has 8 heteroatoms. The summed E-state index contributed by atoms with van der Waals surface area (Å²) in [5.74, 6) is -2.10. The van der Waals surface area contributed by atoms with Crippen LogP contribution in [0.2, 0.25) is 0 Å². The molecule has 1 aliphatic rings. The summed E-state index contributed by atoms with van der Waals surface area (Å²) >= 11 is 0. The SMILES string of the molecule is CCOC(=O)c1coc(C(=O)NCCOC)c(OCC2=CCCC=C2)c1=O. The number of allylic oxidation sites excluding steroid dienone is 2. The molecule has 1 aliphatic carbocycles. The van der Waals surface area contributed by atoms with Crippen molar-refractivity contribution in [3.05, 3.63) is 51.6 Å². The third-order valence-electron chi connectivity index (χ3n) is 3.70. The Balaban J connectivity index is 2.30. The molecule has 0 radical (unpaired) electrons. The van der Waals surface area contributed by atoms with E-state index in [4.69, 9.17) is 18.6 Å². The zero-order chi connectivity index (χ0) is 19.6. The molecular weight excluding hydrogens is 354 g/mol. The molecule has 1 heterocycles. The summed E-state index contributed by atoms with van der Waals surface area (Å²) in [5, 5.41) is 2.56. The van der Waals surface area contributed by atoms with Crippen LogP contribution in [-0.2, 0) is 9.47 Å². The highest BCUT2D eigenvalue weighted by atomic mass is 16.5. The smallest absolute Gasteiger partial charge is 0.345 e. The van der Waals surface area contributed by atoms with E-state index in [0.29, 0.717) is 6.61 Å². The lowest BCUT2D eigenvalue weighted by Crippen LogP contribution is -2.30. The van der Waals surface area contributed by atoms with Crippen molar-refractivity contribution in [3.8, 4) is 5.75 Å². The fourth-order valence-electron chi connectivity index (χ4n) is 2.36. The Hall–Kier alpha value is -2.87. The largest absolute Gasteiger partial charge is 0.481 e. The fraction of sp³-hybridized carbons (Fsp3) is 0.421. The molecular formula is C19H23NO7. The molecule has 2 rings (SSSR count). The summed E-state index contributed by atoms with van der Waals surface area (Å²) in [7, 11) is 1.50. The molecule has 0 unspecified atom stereocenters. The first-order valence-electron chi connectivity index (χ1n) is 8.66. The first kappa shape index (κ1) is 20.4. The summed E-state index contributed by atoms with van der Waals surface area (Å²) in [5.41, 5.74) is -0.210. The Bertz CT molecular complexity index is 792. The van der Waals surface area contributed by atoms with Gasteiger partial charge in [0.1, 0.15) is 18.4 Å². The minimum atomic E-state index is -0.834. The van der Waals surface area contributed by atoms with Crippen LogP contribution in [0.5, 0.6) is 5.75 Å². The Morgan fingerprint density at radius 3 is 2.78 bits per heavy atom. The van der Waals surface area contributed by atoms with Crippen molar-refractivity contribution in [2.45, 2.75) is 19.8 Å². The van der Waals surface area contributed by atoms with E-state index in [1.54, 1.807) is 6.92 Å². The summed E-state index contributed by atoms with van der Waals surface area (Å²) in [4.78, 5) is 36.9. The van der Waals surface area contributed by atoms with Crippen molar-refractivity contribution >= 4 is 11.9 Å². The van der Waals surface area contributed by atoms with Crippen LogP contribution in [0.4, 0.5) is 0 Å². The highest BCUT2D eigenvalue weighted by Gasteiger charge is 2.25. The van der Waals surface area contributed by atoms with Crippen molar-refractivity contribution in [1.29, 1.82) is 0 Å². The minimum Gasteiger partial charge on any atom is -0.481 e. The lowest BCUT2D eigenvalue weighted by molar-refractivity contribution is 0.0519. The number of rotatable bonds is 9. The molecule has 0 spiro atoms. The minimum absolute atomic E-state index is 0.0753. The predicted molar refractivity (Wildman–Crippen MR) is 97.1 cm³/mol. The third-order valence-corrected chi connectivity index (χ3v) is 3.70. The molecule has 146 valence electrons. The van der Waals surface area contributed by atoms with Gasteiger partial charge in [-0.2, -0.15) is 0 Å². The van der Waals surface area contributed by atoms with Gasteiger partial charge in [-0.25, -0.2) is 4.79 Å². The van der Waals surface area contributed by atoms with Gasteiger partial charge in [-0.15, -0.1) is 0 Å². The number of carbonyl (C=O) groups is 2. The molecule has 0 aliphatic heterocycles. The molecule has 1 aromatic heterocycles. The van der Waals surface area contributed by atoms with Crippen molar-refractivity contribution < 1.29 is 28.2 Å². The van der Waals surface area contributed by atoms with Crippen LogP contribution in [0, 0.1) is 0 Å². The second-order valence-corrected chi connectivity index (χ2v) is 5.65. The molecule has 1 aromatic rings. The summed E-state index contributed by atoms with van der Waals surface area (Å²) < 4.78 is 20.5. The number of ether oxygens (including phenoxy) is 3. The molecule has 0 saturated heterocycles. The van der Waals surface area contributed by atoms with Crippen LogP contribution in [-0.4, -0.2) is 45.4 Å². The van der Waals surface area contributed by atoms with Crippen LogP contribution in [0.3, 0.4) is 0 Å². The van der Waals surface area contributed by atoms with E-state index in [9.17, 15) is 14.4 Å². The van der Waals surface area contributed by atoms with Crippen LogP contribution >= 0.6 is 0 Å². The number of hydrogen-bond acceptors (Lipinski definition) is 7. The van der Waals surface area contributed by atoms with Crippen LogP contribution < -0.4 is 15.5 Å². The first-order chi connectivity index (χ1) is 13.1. The normalized spacial score (nSPS) is 13.0. The van der Waals surface area contributed by atoms with Gasteiger partial charge in [0.25, 0.3) is 5.91 Å². The number of amides is 1. The Labute approximate surface area is 156 Å². The van der Waals surface area contributed by atoms with Gasteiger partial charge < -0.3 is 23.9 Å². The molecule has 0 saturated carbocycles. The van der Waals surface area contributed by atoms with Gasteiger partial charge in [0.05, 0.1) is 13.2 Å². The van der Waals surface area contributed by atoms with E-state index >= 15 is 0 Å². The van der Waals surface area contributed by atoms with Gasteiger partial charge in [-0.05, 0) is 25.3 Å². The fourth-order valence-corrected chi connectivity index (χ4v) is 2.36. The van der Waals surface area contributed by atoms with Crippen molar-refractivity contribution in [2.75, 3.05) is 33.5 Å². The maximum atomic E-state index is 12.7. The molecule has 1 amide bonds. The van der Waals surface area contributed by atoms with Gasteiger partial charge in [0, 0.05) is 13.7 Å². The lowest BCUT2D eigenvalue weighted by Gasteiger charge is -2.13. The van der Waals surface area contributed by atoms with Gasteiger partial charge in [0.15, 0.2) is 0 Å². The number of carbonyl (C=O) groups excluding carboxylic acids is 2. The molecule has 0 bridgehead atoms. The van der Waals surface area contributed by atoms with Gasteiger partial charge >= 0.3 is 5.97 Å². The topological polar surface area (TPSA) is 104 Å². The number of nitrogens with one attached hydrogen (secondary N) is 1. The second kappa shape index (κ2) is 10.3. The van der Waals surface area contributed by atoms with E-state index in [1.807, 2.05) is 18.2 Å². The molecule has 27 heavy (non-hydrogen) atoms. The van der Waals surface area contributed by atoms with Gasteiger partial charge in [-0.1, -0.05) is 18.2 Å². The maximum absolute atomic E-state index is 12.7. The standard InChI is InChI=1S/C19H23NO7/c1-3-25-19(23)14-12-27-17(18(22)20-9-10-24-2)16(15(14)21)26-11-13-7-5-4-6-8-13/h5,7-8,12H,3-4,6,9-11H2,1-2H3,(H,20,22). The monoisotopic (exact) mass is 377 g/mol. The molecule has 1 N–H and O–H groups in total. The van der Waals surface area contributed by atoms with Crippen molar-refractivity contribution in [3.63, 3.8) is 0 Å². The third kappa shape index (κ3) is 5.55. The zero-order valence-electron chi connectivity index (χ0n) is 15.4. The summed E-state index contributed by atoms with van der Waals surface area (Å²) in [6.07, 6.45) is 8.59. The number of hydrogen-bond donors (Lipinski definition) is 1. The van der Waals surface area contributed by atoms with Gasteiger partial charge in [-0.3, -0.25) is 9.59 Å². The average Bonchev–Trinajstić information content (AvgIpc) is 2.67. The Morgan fingerprint density at radius 2 is 2.11 bits per heavy atom. The zero-order valence-corrected chi connectivity index (χ0v) is 15.4. The van der Waals surface area contributed by atoms with E-state index in [0.717, 1.165) is 24.7 Å². The van der Waals surface area contributed by atoms with Crippen LogP contribution in [0.25, 0.3) is 0 Å². The predicted octanol–water partition coefficient (Wildman–Crippen LogP) is 1.85. The van der Waals surface area contributed by atoms with E-state index in [2.05, 4.69) is 5.32 Å². The molecule has 8 nitrogen and oxygen atoms in total. The molecule has 0 aromatic carbocycles. The van der Waals surface area contributed by atoms with Crippen molar-refractivity contribution in [2.24, 2.45) is 0 Å². The summed E-state index contributed by atoms with van der Waals surface area (Å²) in [6, 6.07) is 0. The van der Waals surface area contributed by atoms with E-state index < -0.39 is 17.3 Å². The number of methoxy groups -OCH3 is 1. The lowest BCUT2D eigenvalue weighted by atomic mass is 10.1. The van der Waals surface area contributed by atoms with Crippen LogP contribution in [0.1, 0.15) is 40.7 Å². The second-order valence-electron chi connectivity index (χ2n) is 5.65. The Kier molecular flexibility index (Phi) is 7.81. The Morgan fingerprint density at radius 1 is 1.30 bits per heavy atom. The van der Waals surface area contributed by atoms with Crippen LogP contribution in [0.15, 0.2) is 39.3 Å². The summed E-state index contributed by atoms with van der Waals surface area (Å²) in [6.45, 7) is 2.32.